The van der Waals surface area contributed by atoms with Gasteiger partial charge in [0, 0.05) is 19.2 Å². The van der Waals surface area contributed by atoms with E-state index in [-0.39, 0.29) is 24.5 Å². The van der Waals surface area contributed by atoms with Crippen LogP contribution in [0, 0.1) is 0 Å². The molecule has 1 N–H and O–H groups in total. The Morgan fingerprint density at radius 1 is 1.26 bits per heavy atom. The molecular formula is C17H18F2N6O2. The van der Waals surface area contributed by atoms with Gasteiger partial charge in [0.15, 0.2) is 5.65 Å². The van der Waals surface area contributed by atoms with Gasteiger partial charge in [0.1, 0.15) is 23.5 Å². The number of halogens is 2. The van der Waals surface area contributed by atoms with Crippen molar-refractivity contribution in [1.82, 2.24) is 24.6 Å². The number of aliphatic hydroxyl groups excluding tert-OH is 1. The predicted octanol–water partition coefficient (Wildman–Crippen LogP) is 1.71. The minimum atomic E-state index is -2.67. The fraction of sp³-hybridized carbons (Fsp3) is 0.412. The molecule has 2 atom stereocenters. The Bertz CT molecular complexity index is 950. The van der Waals surface area contributed by atoms with Crippen molar-refractivity contribution in [3.8, 4) is 11.4 Å². The first-order chi connectivity index (χ1) is 13.0. The molecule has 0 bridgehead atoms. The van der Waals surface area contributed by atoms with E-state index in [4.69, 9.17) is 4.74 Å². The van der Waals surface area contributed by atoms with Crippen LogP contribution in [0.5, 0.6) is 0 Å². The fourth-order valence-electron chi connectivity index (χ4n) is 3.17. The normalized spacial score (nSPS) is 20.6. The molecule has 1 aliphatic heterocycles. The Morgan fingerprint density at radius 2 is 2.11 bits per heavy atom. The number of hydrogen-bond donors (Lipinski definition) is 1. The van der Waals surface area contributed by atoms with Crippen molar-refractivity contribution in [2.24, 2.45) is 0 Å². The third kappa shape index (κ3) is 3.45. The molecule has 0 amide bonds. The zero-order valence-electron chi connectivity index (χ0n) is 14.5. The van der Waals surface area contributed by atoms with E-state index in [1.165, 1.54) is 23.0 Å². The monoisotopic (exact) mass is 376 g/mol. The summed E-state index contributed by atoms with van der Waals surface area (Å²) in [5, 5.41) is 13.4. The Morgan fingerprint density at radius 3 is 2.89 bits per heavy atom. The lowest BCUT2D eigenvalue weighted by Gasteiger charge is -2.36. The molecule has 0 spiro atoms. The topological polar surface area (TPSA) is 88.7 Å². The zero-order valence-corrected chi connectivity index (χ0v) is 14.5. The van der Waals surface area contributed by atoms with Crippen molar-refractivity contribution in [3.05, 3.63) is 36.4 Å². The molecule has 10 heteroatoms. The third-order valence-electron chi connectivity index (χ3n) is 4.38. The summed E-state index contributed by atoms with van der Waals surface area (Å²) in [6.07, 6.45) is -0.0634. The van der Waals surface area contributed by atoms with Crippen LogP contribution < -0.4 is 4.90 Å². The number of imidazole rings is 1. The highest BCUT2D eigenvalue weighted by Crippen LogP contribution is 2.25. The van der Waals surface area contributed by atoms with Crippen molar-refractivity contribution >= 4 is 11.5 Å². The van der Waals surface area contributed by atoms with E-state index < -0.39 is 6.43 Å². The van der Waals surface area contributed by atoms with Crippen LogP contribution in [-0.2, 0) is 4.74 Å². The number of fused-ring (bicyclic) bond motifs is 1. The molecule has 3 aromatic rings. The molecule has 0 saturated carbocycles. The second kappa shape index (κ2) is 7.12. The van der Waals surface area contributed by atoms with Crippen LogP contribution in [0.25, 0.3) is 17.0 Å². The molecule has 142 valence electrons. The van der Waals surface area contributed by atoms with E-state index in [1.54, 1.807) is 12.3 Å². The summed E-state index contributed by atoms with van der Waals surface area (Å²) in [6, 6.07) is 4.51. The molecule has 4 heterocycles. The highest BCUT2D eigenvalue weighted by molar-refractivity contribution is 5.62. The average molecular weight is 376 g/mol. The summed E-state index contributed by atoms with van der Waals surface area (Å²) < 4.78 is 33.0. The SMILES string of the molecule is C[C@@H]1CN(c2cc(-c3cnc4ccc(C(F)F)nn34)ncn2)C[C@@H](CO)O1. The molecule has 1 aliphatic rings. The second-order valence-corrected chi connectivity index (χ2v) is 6.39. The van der Waals surface area contributed by atoms with Crippen LogP contribution in [0.4, 0.5) is 14.6 Å². The van der Waals surface area contributed by atoms with Gasteiger partial charge in [0.2, 0.25) is 0 Å². The number of anilines is 1. The number of aromatic nitrogens is 5. The Balaban J connectivity index is 1.70. The summed E-state index contributed by atoms with van der Waals surface area (Å²) in [4.78, 5) is 14.8. The molecule has 3 aromatic heterocycles. The smallest absolute Gasteiger partial charge is 0.282 e. The van der Waals surface area contributed by atoms with Gasteiger partial charge in [-0.25, -0.2) is 28.2 Å². The Hall–Kier alpha value is -2.72. The van der Waals surface area contributed by atoms with E-state index >= 15 is 0 Å². The van der Waals surface area contributed by atoms with Crippen molar-refractivity contribution < 1.29 is 18.6 Å². The molecule has 1 saturated heterocycles. The minimum Gasteiger partial charge on any atom is -0.394 e. The zero-order chi connectivity index (χ0) is 19.0. The van der Waals surface area contributed by atoms with Crippen LogP contribution in [0.2, 0.25) is 0 Å². The lowest BCUT2D eigenvalue weighted by atomic mass is 10.2. The van der Waals surface area contributed by atoms with Crippen molar-refractivity contribution in [2.75, 3.05) is 24.6 Å². The quantitative estimate of drug-likeness (QED) is 0.741. The predicted molar refractivity (Wildman–Crippen MR) is 92.6 cm³/mol. The van der Waals surface area contributed by atoms with Crippen molar-refractivity contribution in [3.63, 3.8) is 0 Å². The maximum Gasteiger partial charge on any atom is 0.282 e. The summed E-state index contributed by atoms with van der Waals surface area (Å²) in [6.45, 7) is 2.97. The lowest BCUT2D eigenvalue weighted by molar-refractivity contribution is -0.0423. The fourth-order valence-corrected chi connectivity index (χ4v) is 3.17. The van der Waals surface area contributed by atoms with Crippen LogP contribution in [0.15, 0.2) is 30.7 Å². The Labute approximate surface area is 153 Å². The van der Waals surface area contributed by atoms with Crippen molar-refractivity contribution in [2.45, 2.75) is 25.6 Å². The van der Waals surface area contributed by atoms with Gasteiger partial charge in [-0.05, 0) is 19.1 Å². The molecule has 0 aliphatic carbocycles. The maximum atomic E-state index is 13.0. The van der Waals surface area contributed by atoms with Crippen LogP contribution in [0.3, 0.4) is 0 Å². The van der Waals surface area contributed by atoms with E-state index in [1.807, 2.05) is 11.8 Å². The number of alkyl halides is 2. The van der Waals surface area contributed by atoms with Crippen molar-refractivity contribution in [1.29, 1.82) is 0 Å². The van der Waals surface area contributed by atoms with Crippen LogP contribution in [-0.4, -0.2) is 61.6 Å². The highest BCUT2D eigenvalue weighted by atomic mass is 19.3. The van der Waals surface area contributed by atoms with E-state index in [0.717, 1.165) is 0 Å². The number of ether oxygens (including phenoxy) is 1. The number of hydrogen-bond acceptors (Lipinski definition) is 7. The first kappa shape index (κ1) is 17.7. The molecule has 0 aromatic carbocycles. The number of nitrogens with zero attached hydrogens (tertiary/aromatic N) is 6. The van der Waals surface area contributed by atoms with Gasteiger partial charge in [-0.3, -0.25) is 0 Å². The first-order valence-electron chi connectivity index (χ1n) is 8.51. The van der Waals surface area contributed by atoms with Gasteiger partial charge in [-0.2, -0.15) is 5.10 Å². The van der Waals surface area contributed by atoms with Gasteiger partial charge < -0.3 is 14.7 Å². The van der Waals surface area contributed by atoms with Gasteiger partial charge in [-0.15, -0.1) is 0 Å². The minimum absolute atomic E-state index is 0.0552. The number of morpholine rings is 1. The summed E-state index contributed by atoms with van der Waals surface area (Å²) >= 11 is 0. The van der Waals surface area contributed by atoms with E-state index in [0.29, 0.717) is 35.9 Å². The summed E-state index contributed by atoms with van der Waals surface area (Å²) in [7, 11) is 0. The van der Waals surface area contributed by atoms with E-state index in [2.05, 4.69) is 20.1 Å². The molecule has 1 fully saturated rings. The molecule has 8 nitrogen and oxygen atoms in total. The molecule has 27 heavy (non-hydrogen) atoms. The van der Waals surface area contributed by atoms with Crippen LogP contribution in [0.1, 0.15) is 19.0 Å². The Kier molecular flexibility index (Phi) is 4.66. The first-order valence-corrected chi connectivity index (χ1v) is 8.51. The van der Waals surface area contributed by atoms with Gasteiger partial charge in [0.05, 0.1) is 30.7 Å². The van der Waals surface area contributed by atoms with Gasteiger partial charge in [0.25, 0.3) is 6.43 Å². The van der Waals surface area contributed by atoms with Gasteiger partial charge in [-0.1, -0.05) is 0 Å². The summed E-state index contributed by atoms with van der Waals surface area (Å²) in [5.41, 5.74) is 1.14. The standard InChI is InChI=1S/C17H18F2N6O2/c1-10-6-24(7-11(8-26)27-10)16-4-13(21-9-22-16)14-5-20-15-3-2-12(17(18)19)23-25(14)15/h2-5,9-11,17,26H,6-8H2,1H3/t10-,11+/m1/s1. The highest BCUT2D eigenvalue weighted by Gasteiger charge is 2.26. The number of rotatable bonds is 4. The molecule has 0 unspecified atom stereocenters. The lowest BCUT2D eigenvalue weighted by Crippen LogP contribution is -2.48. The summed E-state index contributed by atoms with van der Waals surface area (Å²) in [5.74, 6) is 0.661. The van der Waals surface area contributed by atoms with Crippen LogP contribution >= 0.6 is 0 Å². The molecule has 0 radical (unpaired) electrons. The largest absolute Gasteiger partial charge is 0.394 e. The number of aliphatic hydroxyl groups is 1. The second-order valence-electron chi connectivity index (χ2n) is 6.39. The molecule has 4 rings (SSSR count). The maximum absolute atomic E-state index is 13.0. The van der Waals surface area contributed by atoms with E-state index in [9.17, 15) is 13.9 Å². The third-order valence-corrected chi connectivity index (χ3v) is 4.38. The molecular weight excluding hydrogens is 358 g/mol. The van der Waals surface area contributed by atoms with Gasteiger partial charge >= 0.3 is 0 Å². The average Bonchev–Trinajstić information content (AvgIpc) is 3.10.